The highest BCUT2D eigenvalue weighted by Crippen LogP contribution is 2.23. The predicted molar refractivity (Wildman–Crippen MR) is 113 cm³/mol. The van der Waals surface area contributed by atoms with Gasteiger partial charge in [0.2, 0.25) is 5.91 Å². The molecule has 0 spiro atoms. The molecule has 3 amide bonds. The second-order valence-electron chi connectivity index (χ2n) is 6.97. The molecule has 156 valence electrons. The molecule has 1 atom stereocenters. The minimum Gasteiger partial charge on any atom is -0.435 e. The minimum absolute atomic E-state index is 0.268. The number of amides is 3. The van der Waals surface area contributed by atoms with E-state index in [0.29, 0.717) is 5.69 Å². The van der Waals surface area contributed by atoms with Crippen LogP contribution in [0.4, 0.5) is 10.5 Å². The maximum absolute atomic E-state index is 12.3. The van der Waals surface area contributed by atoms with E-state index in [1.54, 1.807) is 53.6 Å². The van der Waals surface area contributed by atoms with Gasteiger partial charge in [0.05, 0.1) is 6.20 Å². The van der Waals surface area contributed by atoms with Crippen LogP contribution in [0, 0.1) is 0 Å². The number of rotatable bonds is 6. The maximum Gasteiger partial charge on any atom is 0.414 e. The van der Waals surface area contributed by atoms with Crippen molar-refractivity contribution in [2.45, 2.75) is 12.5 Å². The Balaban J connectivity index is 1.39. The zero-order valence-corrected chi connectivity index (χ0v) is 16.6. The lowest BCUT2D eigenvalue weighted by molar-refractivity contribution is -0.123. The molecule has 1 aliphatic rings. The molecule has 9 heteroatoms. The minimum atomic E-state index is -0.829. The number of hydrogen-bond donors (Lipinski definition) is 2. The number of ether oxygens (including phenoxy) is 1. The van der Waals surface area contributed by atoms with Gasteiger partial charge in [0, 0.05) is 54.9 Å². The summed E-state index contributed by atoms with van der Waals surface area (Å²) in [4.78, 5) is 39.1. The van der Waals surface area contributed by atoms with Crippen molar-refractivity contribution in [2.75, 3.05) is 5.32 Å². The Morgan fingerprint density at radius 2 is 2.03 bits per heavy atom. The number of aromatic nitrogens is 3. The molecule has 0 radical (unpaired) electrons. The third-order valence-corrected chi connectivity index (χ3v) is 4.69. The zero-order chi connectivity index (χ0) is 21.8. The Bertz CT molecular complexity index is 1170. The first-order valence-electron chi connectivity index (χ1n) is 9.50. The summed E-state index contributed by atoms with van der Waals surface area (Å²) in [6.45, 7) is 0. The highest BCUT2D eigenvalue weighted by Gasteiger charge is 2.31. The van der Waals surface area contributed by atoms with Crippen LogP contribution >= 0.6 is 0 Å². The van der Waals surface area contributed by atoms with Crippen molar-refractivity contribution in [3.63, 3.8) is 0 Å². The Kier molecular flexibility index (Phi) is 5.57. The standard InChI is InChI=1S/C22H19N5O4/c1-27-13-16(12-24-27)18-8-9-23-11-15(18)4-7-20(28)25-17-5-2-14(3-6-17)10-19-21(29)26-22(30)31-19/h2-9,11-13,19H,10H2,1H3,(H,25,28)(H,26,29,30)/b7-4+. The molecule has 1 fully saturated rings. The number of cyclic esters (lactones) is 1. The number of nitrogens with zero attached hydrogens (tertiary/aromatic N) is 3. The summed E-state index contributed by atoms with van der Waals surface area (Å²) in [5, 5.41) is 9.06. The van der Waals surface area contributed by atoms with Crippen LogP contribution in [0.25, 0.3) is 17.2 Å². The van der Waals surface area contributed by atoms with Gasteiger partial charge in [0.25, 0.3) is 5.91 Å². The molecule has 2 aromatic heterocycles. The topological polar surface area (TPSA) is 115 Å². The SMILES string of the molecule is Cn1cc(-c2ccncc2/C=C/C(=O)Nc2ccc(CC3OC(=O)NC3=O)cc2)cn1. The van der Waals surface area contributed by atoms with Crippen molar-refractivity contribution >= 4 is 29.7 Å². The third-order valence-electron chi connectivity index (χ3n) is 4.69. The maximum atomic E-state index is 12.3. The fourth-order valence-electron chi connectivity index (χ4n) is 3.18. The lowest BCUT2D eigenvalue weighted by Gasteiger charge is -2.08. The van der Waals surface area contributed by atoms with Crippen LogP contribution < -0.4 is 10.6 Å². The molecule has 3 aromatic rings. The van der Waals surface area contributed by atoms with E-state index >= 15 is 0 Å². The van der Waals surface area contributed by atoms with Crippen LogP contribution in [-0.4, -0.2) is 38.8 Å². The number of benzene rings is 1. The molecular formula is C22H19N5O4. The fourth-order valence-corrected chi connectivity index (χ4v) is 3.18. The molecule has 4 rings (SSSR count). The molecule has 9 nitrogen and oxygen atoms in total. The van der Waals surface area contributed by atoms with Gasteiger partial charge in [-0.3, -0.25) is 24.6 Å². The lowest BCUT2D eigenvalue weighted by Crippen LogP contribution is -2.25. The molecule has 1 aromatic carbocycles. The van der Waals surface area contributed by atoms with Gasteiger partial charge in [-0.1, -0.05) is 12.1 Å². The van der Waals surface area contributed by atoms with E-state index in [1.807, 2.05) is 19.3 Å². The van der Waals surface area contributed by atoms with Gasteiger partial charge in [0.15, 0.2) is 6.10 Å². The summed E-state index contributed by atoms with van der Waals surface area (Å²) in [5.41, 5.74) is 4.06. The van der Waals surface area contributed by atoms with E-state index in [9.17, 15) is 14.4 Å². The van der Waals surface area contributed by atoms with Crippen molar-refractivity contribution in [2.24, 2.45) is 7.05 Å². The van der Waals surface area contributed by atoms with Crippen molar-refractivity contribution in [1.29, 1.82) is 0 Å². The number of hydrogen-bond acceptors (Lipinski definition) is 6. The summed E-state index contributed by atoms with van der Waals surface area (Å²) in [6, 6.07) is 8.85. The van der Waals surface area contributed by atoms with E-state index in [2.05, 4.69) is 20.7 Å². The first-order valence-corrected chi connectivity index (χ1v) is 9.50. The van der Waals surface area contributed by atoms with Gasteiger partial charge in [0.1, 0.15) is 0 Å². The number of pyridine rings is 1. The molecule has 0 saturated carbocycles. The molecule has 0 aliphatic carbocycles. The number of imide groups is 1. The van der Waals surface area contributed by atoms with E-state index in [0.717, 1.165) is 22.3 Å². The lowest BCUT2D eigenvalue weighted by atomic mass is 10.0. The highest BCUT2D eigenvalue weighted by molar-refractivity contribution is 6.02. The number of carbonyl (C=O) groups is 3. The Morgan fingerprint density at radius 1 is 1.23 bits per heavy atom. The number of carbonyl (C=O) groups excluding carboxylic acids is 3. The first kappa shape index (κ1) is 20.0. The summed E-state index contributed by atoms with van der Waals surface area (Å²) in [5.74, 6) is -0.744. The highest BCUT2D eigenvalue weighted by atomic mass is 16.6. The van der Waals surface area contributed by atoms with Crippen LogP contribution in [0.15, 0.2) is 61.2 Å². The van der Waals surface area contributed by atoms with Gasteiger partial charge in [-0.15, -0.1) is 0 Å². The van der Waals surface area contributed by atoms with Crippen molar-refractivity contribution in [3.8, 4) is 11.1 Å². The van der Waals surface area contributed by atoms with E-state index in [-0.39, 0.29) is 12.3 Å². The number of nitrogens with one attached hydrogen (secondary N) is 2. The largest absolute Gasteiger partial charge is 0.435 e. The quantitative estimate of drug-likeness (QED) is 0.595. The average Bonchev–Trinajstić information content (AvgIpc) is 3.32. The third kappa shape index (κ3) is 4.84. The molecule has 1 saturated heterocycles. The predicted octanol–water partition coefficient (Wildman–Crippen LogP) is 2.31. The normalized spacial score (nSPS) is 15.7. The molecule has 1 unspecified atom stereocenters. The van der Waals surface area contributed by atoms with Crippen molar-refractivity contribution in [1.82, 2.24) is 20.1 Å². The van der Waals surface area contributed by atoms with Gasteiger partial charge in [-0.2, -0.15) is 5.10 Å². The average molecular weight is 417 g/mol. The van der Waals surface area contributed by atoms with E-state index in [4.69, 9.17) is 4.74 Å². The van der Waals surface area contributed by atoms with Crippen LogP contribution in [0.1, 0.15) is 11.1 Å². The zero-order valence-electron chi connectivity index (χ0n) is 16.6. The summed E-state index contributed by atoms with van der Waals surface area (Å²) < 4.78 is 6.61. The Morgan fingerprint density at radius 3 is 2.71 bits per heavy atom. The van der Waals surface area contributed by atoms with E-state index in [1.165, 1.54) is 6.08 Å². The molecular weight excluding hydrogens is 398 g/mol. The van der Waals surface area contributed by atoms with Crippen LogP contribution in [0.3, 0.4) is 0 Å². The molecule has 2 N–H and O–H groups in total. The second-order valence-corrected chi connectivity index (χ2v) is 6.97. The molecule has 3 heterocycles. The summed E-state index contributed by atoms with van der Waals surface area (Å²) in [6.07, 6.45) is 8.87. The fraction of sp³-hybridized carbons (Fsp3) is 0.136. The van der Waals surface area contributed by atoms with Crippen molar-refractivity contribution in [3.05, 3.63) is 72.3 Å². The van der Waals surface area contributed by atoms with Gasteiger partial charge in [-0.05, 0) is 35.4 Å². The number of anilines is 1. The monoisotopic (exact) mass is 417 g/mol. The molecule has 31 heavy (non-hydrogen) atoms. The molecule has 0 bridgehead atoms. The summed E-state index contributed by atoms with van der Waals surface area (Å²) >= 11 is 0. The second kappa shape index (κ2) is 8.62. The smallest absolute Gasteiger partial charge is 0.414 e. The Labute approximate surface area is 177 Å². The van der Waals surface area contributed by atoms with Gasteiger partial charge in [-0.25, -0.2) is 4.79 Å². The van der Waals surface area contributed by atoms with Crippen LogP contribution in [-0.2, 0) is 27.8 Å². The van der Waals surface area contributed by atoms with Crippen LogP contribution in [0.5, 0.6) is 0 Å². The summed E-state index contributed by atoms with van der Waals surface area (Å²) in [7, 11) is 1.84. The van der Waals surface area contributed by atoms with E-state index < -0.39 is 18.1 Å². The van der Waals surface area contributed by atoms with Gasteiger partial charge < -0.3 is 10.1 Å². The Hall–Kier alpha value is -4.27. The number of alkyl carbamates (subject to hydrolysis) is 1. The van der Waals surface area contributed by atoms with Gasteiger partial charge >= 0.3 is 6.09 Å². The molecule has 1 aliphatic heterocycles. The van der Waals surface area contributed by atoms with Crippen LogP contribution in [0.2, 0.25) is 0 Å². The first-order chi connectivity index (χ1) is 15.0. The van der Waals surface area contributed by atoms with Crippen molar-refractivity contribution < 1.29 is 19.1 Å². The number of aryl methyl sites for hydroxylation is 1.